The molecule has 0 unspecified atom stereocenters. The number of hydrogen-bond donors (Lipinski definition) is 1. The highest BCUT2D eigenvalue weighted by atomic mass is 19.1. The van der Waals surface area contributed by atoms with Crippen LogP contribution in [0.5, 0.6) is 5.75 Å². The summed E-state index contributed by atoms with van der Waals surface area (Å²) in [7, 11) is 0. The highest BCUT2D eigenvalue weighted by molar-refractivity contribution is 5.94. The van der Waals surface area contributed by atoms with Gasteiger partial charge in [-0.25, -0.2) is 4.39 Å². The highest BCUT2D eigenvalue weighted by Crippen LogP contribution is 2.31. The molecular weight excluding hydrogens is 487 g/mol. The fraction of sp³-hybridized carbons (Fsp3) is 0.441. The zero-order valence-corrected chi connectivity index (χ0v) is 23.3. The number of halogens is 1. The quantitative estimate of drug-likeness (QED) is 0.378. The number of carbonyl (C=O) groups excluding carboxylic acids is 1. The fourth-order valence-corrected chi connectivity index (χ4v) is 5.52. The van der Waals surface area contributed by atoms with Crippen LogP contribution in [0.4, 0.5) is 4.39 Å². The number of benzene rings is 3. The Bertz CT molecular complexity index is 1280. The SMILES string of the molecule is CC(C)(CNC(=O)c1ccc2c(c1)Cc1cccc(c1)CN(CC1CC1)CCCCCO2)c1ccccc1F. The first-order valence-electron chi connectivity index (χ1n) is 14.5. The van der Waals surface area contributed by atoms with E-state index >= 15 is 0 Å². The van der Waals surface area contributed by atoms with Crippen molar-refractivity contribution in [2.75, 3.05) is 26.2 Å². The van der Waals surface area contributed by atoms with Gasteiger partial charge in [0.15, 0.2) is 0 Å². The Hall–Kier alpha value is -3.18. The van der Waals surface area contributed by atoms with Gasteiger partial charge in [-0.3, -0.25) is 9.69 Å². The minimum atomic E-state index is -0.536. The average molecular weight is 529 g/mol. The van der Waals surface area contributed by atoms with Crippen LogP contribution in [0.1, 0.15) is 78.6 Å². The van der Waals surface area contributed by atoms with E-state index in [2.05, 4.69) is 34.5 Å². The third-order valence-corrected chi connectivity index (χ3v) is 8.00. The lowest BCUT2D eigenvalue weighted by Gasteiger charge is -2.26. The molecule has 1 heterocycles. The maximum Gasteiger partial charge on any atom is 0.251 e. The van der Waals surface area contributed by atoms with Gasteiger partial charge in [-0.15, -0.1) is 0 Å². The van der Waals surface area contributed by atoms with Gasteiger partial charge in [0.05, 0.1) is 6.61 Å². The molecule has 5 heteroatoms. The third kappa shape index (κ3) is 7.48. The van der Waals surface area contributed by atoms with E-state index in [1.807, 2.05) is 38.1 Å². The van der Waals surface area contributed by atoms with Crippen molar-refractivity contribution < 1.29 is 13.9 Å². The first-order valence-corrected chi connectivity index (χ1v) is 14.5. The lowest BCUT2D eigenvalue weighted by atomic mass is 9.84. The van der Waals surface area contributed by atoms with Crippen LogP contribution < -0.4 is 10.1 Å². The summed E-state index contributed by atoms with van der Waals surface area (Å²) in [5.41, 5.74) is 4.23. The molecule has 3 aromatic rings. The molecule has 1 aliphatic carbocycles. The van der Waals surface area contributed by atoms with Gasteiger partial charge < -0.3 is 10.1 Å². The Morgan fingerprint density at radius 2 is 1.82 bits per heavy atom. The normalized spacial score (nSPS) is 17.0. The Morgan fingerprint density at radius 3 is 2.64 bits per heavy atom. The molecule has 2 aliphatic rings. The van der Waals surface area contributed by atoms with Crippen molar-refractivity contribution >= 4 is 5.91 Å². The lowest BCUT2D eigenvalue weighted by molar-refractivity contribution is 0.0945. The Kier molecular flexibility index (Phi) is 8.66. The first-order chi connectivity index (χ1) is 18.9. The number of carbonyl (C=O) groups is 1. The van der Waals surface area contributed by atoms with Crippen molar-refractivity contribution in [2.24, 2.45) is 5.92 Å². The van der Waals surface area contributed by atoms with Crippen LogP contribution in [0.25, 0.3) is 0 Å². The molecule has 0 atom stereocenters. The van der Waals surface area contributed by atoms with Crippen molar-refractivity contribution in [3.63, 3.8) is 0 Å². The van der Waals surface area contributed by atoms with Gasteiger partial charge in [-0.2, -0.15) is 0 Å². The van der Waals surface area contributed by atoms with Gasteiger partial charge in [0.25, 0.3) is 5.91 Å². The summed E-state index contributed by atoms with van der Waals surface area (Å²) in [6, 6.07) is 21.3. The molecule has 0 aromatic heterocycles. The van der Waals surface area contributed by atoms with Crippen LogP contribution >= 0.6 is 0 Å². The number of amides is 1. The zero-order chi connectivity index (χ0) is 27.2. The van der Waals surface area contributed by atoms with Gasteiger partial charge in [-0.05, 0) is 91.1 Å². The van der Waals surface area contributed by atoms with Crippen LogP contribution in [-0.4, -0.2) is 37.0 Å². The molecule has 1 amide bonds. The number of nitrogens with zero attached hydrogens (tertiary/aromatic N) is 1. The second-order valence-electron chi connectivity index (χ2n) is 12.0. The number of nitrogens with one attached hydrogen (secondary N) is 1. The van der Waals surface area contributed by atoms with E-state index in [-0.39, 0.29) is 11.7 Å². The predicted molar refractivity (Wildman–Crippen MR) is 155 cm³/mol. The van der Waals surface area contributed by atoms with Gasteiger partial charge in [0.1, 0.15) is 11.6 Å². The molecule has 1 N–H and O–H groups in total. The molecule has 0 radical (unpaired) electrons. The summed E-state index contributed by atoms with van der Waals surface area (Å²) < 4.78 is 20.6. The van der Waals surface area contributed by atoms with Crippen molar-refractivity contribution in [2.45, 2.75) is 64.3 Å². The summed E-state index contributed by atoms with van der Waals surface area (Å²) in [5.74, 6) is 1.31. The van der Waals surface area contributed by atoms with Crippen LogP contribution in [0.3, 0.4) is 0 Å². The van der Waals surface area contributed by atoms with Gasteiger partial charge in [0.2, 0.25) is 0 Å². The minimum Gasteiger partial charge on any atom is -0.493 e. The smallest absolute Gasteiger partial charge is 0.251 e. The number of rotatable bonds is 6. The highest BCUT2D eigenvalue weighted by Gasteiger charge is 2.26. The van der Waals surface area contributed by atoms with Crippen molar-refractivity contribution in [3.05, 3.63) is 100 Å². The maximum atomic E-state index is 14.4. The summed E-state index contributed by atoms with van der Waals surface area (Å²) in [6.45, 7) is 8.24. The molecule has 1 saturated carbocycles. The Morgan fingerprint density at radius 1 is 1.00 bits per heavy atom. The lowest BCUT2D eigenvalue weighted by Crippen LogP contribution is -2.37. The summed E-state index contributed by atoms with van der Waals surface area (Å²) in [6.07, 6.45) is 6.80. The van der Waals surface area contributed by atoms with Gasteiger partial charge in [-0.1, -0.05) is 56.3 Å². The van der Waals surface area contributed by atoms with Crippen LogP contribution in [-0.2, 0) is 18.4 Å². The Balaban J connectivity index is 1.33. The second-order valence-corrected chi connectivity index (χ2v) is 12.0. The minimum absolute atomic E-state index is 0.161. The van der Waals surface area contributed by atoms with E-state index in [1.165, 1.54) is 43.0 Å². The van der Waals surface area contributed by atoms with Crippen LogP contribution in [0.2, 0.25) is 0 Å². The monoisotopic (exact) mass is 528 g/mol. The van der Waals surface area contributed by atoms with E-state index in [9.17, 15) is 9.18 Å². The molecule has 39 heavy (non-hydrogen) atoms. The van der Waals surface area contributed by atoms with Crippen molar-refractivity contribution in [1.82, 2.24) is 10.2 Å². The number of hydrogen-bond acceptors (Lipinski definition) is 3. The maximum absolute atomic E-state index is 14.4. The van der Waals surface area contributed by atoms with E-state index in [0.717, 1.165) is 43.2 Å². The molecular formula is C34H41FN2O2. The molecule has 0 saturated heterocycles. The molecule has 206 valence electrons. The third-order valence-electron chi connectivity index (χ3n) is 8.00. The Labute approximate surface area is 232 Å². The molecule has 2 bridgehead atoms. The average Bonchev–Trinajstić information content (AvgIpc) is 3.74. The molecule has 3 aromatic carbocycles. The largest absolute Gasteiger partial charge is 0.493 e. The summed E-state index contributed by atoms with van der Waals surface area (Å²) in [4.78, 5) is 15.8. The molecule has 5 rings (SSSR count). The van der Waals surface area contributed by atoms with E-state index in [4.69, 9.17) is 4.74 Å². The van der Waals surface area contributed by atoms with Crippen LogP contribution in [0.15, 0.2) is 66.7 Å². The van der Waals surface area contributed by atoms with Crippen molar-refractivity contribution in [1.29, 1.82) is 0 Å². The predicted octanol–water partition coefficient (Wildman–Crippen LogP) is 6.90. The first kappa shape index (κ1) is 27.4. The summed E-state index contributed by atoms with van der Waals surface area (Å²) >= 11 is 0. The van der Waals surface area contributed by atoms with E-state index < -0.39 is 5.41 Å². The topological polar surface area (TPSA) is 41.6 Å². The van der Waals surface area contributed by atoms with Gasteiger partial charge in [0, 0.05) is 37.0 Å². The van der Waals surface area contributed by atoms with Crippen molar-refractivity contribution in [3.8, 4) is 5.75 Å². The standard InChI is InChI=1S/C34H41FN2O2/c1-34(2,30-11-4-5-12-31(30)35)24-36-33(38)28-15-16-32-29(21-28)20-26-9-8-10-27(19-26)23-37(22-25-13-14-25)17-6-3-7-18-39-32/h4-5,8-12,15-16,19,21,25H,3,6-7,13-14,17-18,20,22-24H2,1-2H3,(H,36,38). The zero-order valence-electron chi connectivity index (χ0n) is 23.3. The number of ether oxygens (including phenoxy) is 1. The van der Waals surface area contributed by atoms with Crippen LogP contribution in [0, 0.1) is 11.7 Å². The fourth-order valence-electron chi connectivity index (χ4n) is 5.52. The van der Waals surface area contributed by atoms with E-state index in [1.54, 1.807) is 12.1 Å². The molecule has 4 nitrogen and oxygen atoms in total. The summed E-state index contributed by atoms with van der Waals surface area (Å²) in [5, 5.41) is 3.03. The molecule has 0 spiro atoms. The molecule has 1 fully saturated rings. The van der Waals surface area contributed by atoms with Gasteiger partial charge >= 0.3 is 0 Å². The second kappa shape index (κ2) is 12.3. The molecule has 1 aliphatic heterocycles. The van der Waals surface area contributed by atoms with E-state index in [0.29, 0.717) is 30.7 Å². The number of fused-ring (bicyclic) bond motifs is 3.